The highest BCUT2D eigenvalue weighted by Crippen LogP contribution is 2.27. The molecule has 0 radical (unpaired) electrons. The van der Waals surface area contributed by atoms with Gasteiger partial charge in [0.2, 0.25) is 5.91 Å². The third kappa shape index (κ3) is 4.05. The fraction of sp³-hybridized carbons (Fsp3) is 0.381. The Labute approximate surface area is 155 Å². The van der Waals surface area contributed by atoms with Crippen LogP contribution in [0.2, 0.25) is 5.02 Å². The first-order valence-electron chi connectivity index (χ1n) is 8.76. The second kappa shape index (κ2) is 7.59. The normalized spacial score (nSPS) is 17.7. The largest absolute Gasteiger partial charge is 0.347 e. The molecular formula is C21H25ClN2O. The van der Waals surface area contributed by atoms with Gasteiger partial charge in [0.25, 0.3) is 0 Å². The Balaban J connectivity index is 1.80. The van der Waals surface area contributed by atoms with Gasteiger partial charge < -0.3 is 4.90 Å². The van der Waals surface area contributed by atoms with Gasteiger partial charge in [-0.2, -0.15) is 0 Å². The lowest BCUT2D eigenvalue weighted by Crippen LogP contribution is -2.42. The van der Waals surface area contributed by atoms with Gasteiger partial charge in [0.15, 0.2) is 0 Å². The molecule has 0 bridgehead atoms. The summed E-state index contributed by atoms with van der Waals surface area (Å²) in [6.45, 7) is 3.79. The van der Waals surface area contributed by atoms with Crippen molar-refractivity contribution in [2.24, 2.45) is 0 Å². The van der Waals surface area contributed by atoms with Crippen LogP contribution in [0, 0.1) is 6.92 Å². The summed E-state index contributed by atoms with van der Waals surface area (Å²) in [6.07, 6.45) is 2.03. The van der Waals surface area contributed by atoms with E-state index < -0.39 is 0 Å². The Morgan fingerprint density at radius 2 is 1.96 bits per heavy atom. The molecule has 1 aliphatic heterocycles. The van der Waals surface area contributed by atoms with Crippen LogP contribution in [0.25, 0.3) is 11.1 Å². The summed E-state index contributed by atoms with van der Waals surface area (Å²) < 4.78 is 0. The molecule has 1 saturated heterocycles. The van der Waals surface area contributed by atoms with Crippen LogP contribution in [0.5, 0.6) is 0 Å². The van der Waals surface area contributed by atoms with Crippen molar-refractivity contribution >= 4 is 17.5 Å². The highest BCUT2D eigenvalue weighted by molar-refractivity contribution is 6.31. The van der Waals surface area contributed by atoms with Crippen LogP contribution in [0.1, 0.15) is 24.0 Å². The van der Waals surface area contributed by atoms with Gasteiger partial charge in [0.05, 0.1) is 6.04 Å². The van der Waals surface area contributed by atoms with Crippen LogP contribution < -0.4 is 0 Å². The summed E-state index contributed by atoms with van der Waals surface area (Å²) >= 11 is 6.27. The van der Waals surface area contributed by atoms with E-state index >= 15 is 0 Å². The molecule has 3 nitrogen and oxygen atoms in total. The maximum absolute atomic E-state index is 12.4. The van der Waals surface area contributed by atoms with Crippen molar-refractivity contribution < 1.29 is 4.79 Å². The van der Waals surface area contributed by atoms with Gasteiger partial charge in [-0.25, -0.2) is 0 Å². The monoisotopic (exact) mass is 356 g/mol. The van der Waals surface area contributed by atoms with Gasteiger partial charge in [-0.05, 0) is 60.7 Å². The van der Waals surface area contributed by atoms with Crippen molar-refractivity contribution in [1.29, 1.82) is 0 Å². The molecule has 1 heterocycles. The fourth-order valence-electron chi connectivity index (χ4n) is 3.45. The van der Waals surface area contributed by atoms with E-state index in [2.05, 4.69) is 41.3 Å². The van der Waals surface area contributed by atoms with Gasteiger partial charge in [0.1, 0.15) is 0 Å². The van der Waals surface area contributed by atoms with Crippen LogP contribution in [0.15, 0.2) is 42.5 Å². The average molecular weight is 357 g/mol. The standard InChI is InChI=1S/C21H25ClN2O/c1-15-9-10-18(13-19(15)22)17-7-4-6-16(12-17)14-24-11-5-8-20(24)21(25)23(2)3/h4,6-7,9-10,12-13,20H,5,8,11,14H2,1-3H3. The van der Waals surface area contributed by atoms with Crippen molar-refractivity contribution in [3.05, 3.63) is 58.6 Å². The summed E-state index contributed by atoms with van der Waals surface area (Å²) in [4.78, 5) is 16.4. The number of benzene rings is 2. The maximum Gasteiger partial charge on any atom is 0.239 e. The molecule has 0 saturated carbocycles. The highest BCUT2D eigenvalue weighted by atomic mass is 35.5. The molecule has 2 aromatic rings. The number of halogens is 1. The van der Waals surface area contributed by atoms with E-state index in [1.165, 1.54) is 5.56 Å². The topological polar surface area (TPSA) is 23.6 Å². The lowest BCUT2D eigenvalue weighted by molar-refractivity contribution is -0.133. The molecule has 1 amide bonds. The predicted molar refractivity (Wildman–Crippen MR) is 104 cm³/mol. The van der Waals surface area contributed by atoms with Gasteiger partial charge in [-0.1, -0.05) is 41.9 Å². The maximum atomic E-state index is 12.4. The summed E-state index contributed by atoms with van der Waals surface area (Å²) in [5.74, 6) is 0.207. The van der Waals surface area contributed by atoms with Crippen molar-refractivity contribution in [3.63, 3.8) is 0 Å². The number of nitrogens with zero attached hydrogens (tertiary/aromatic N) is 2. The molecule has 2 aromatic carbocycles. The van der Waals surface area contributed by atoms with E-state index in [0.717, 1.165) is 47.6 Å². The van der Waals surface area contributed by atoms with E-state index in [4.69, 9.17) is 11.6 Å². The Morgan fingerprint density at radius 3 is 2.68 bits per heavy atom. The predicted octanol–water partition coefficient (Wildman–Crippen LogP) is 4.37. The third-order valence-corrected chi connectivity index (χ3v) is 5.31. The van der Waals surface area contributed by atoms with Crippen LogP contribution >= 0.6 is 11.6 Å². The number of likely N-dealkylation sites (tertiary alicyclic amines) is 1. The Bertz CT molecular complexity index is 772. The van der Waals surface area contributed by atoms with E-state index in [1.54, 1.807) is 4.90 Å². The molecular weight excluding hydrogens is 332 g/mol. The molecule has 132 valence electrons. The van der Waals surface area contributed by atoms with Crippen LogP contribution in [-0.4, -0.2) is 42.4 Å². The zero-order valence-electron chi connectivity index (χ0n) is 15.1. The summed E-state index contributed by atoms with van der Waals surface area (Å²) in [7, 11) is 3.67. The molecule has 1 fully saturated rings. The quantitative estimate of drug-likeness (QED) is 0.812. The van der Waals surface area contributed by atoms with E-state index in [1.807, 2.05) is 27.1 Å². The molecule has 0 aliphatic carbocycles. The number of likely N-dealkylation sites (N-methyl/N-ethyl adjacent to an activating group) is 1. The number of amides is 1. The SMILES string of the molecule is Cc1ccc(-c2cccc(CN3CCCC3C(=O)N(C)C)c2)cc1Cl. The second-order valence-corrected chi connectivity index (χ2v) is 7.43. The number of rotatable bonds is 4. The van der Waals surface area contributed by atoms with Crippen LogP contribution in [0.3, 0.4) is 0 Å². The molecule has 1 unspecified atom stereocenters. The number of aryl methyl sites for hydroxylation is 1. The molecule has 0 spiro atoms. The first-order valence-corrected chi connectivity index (χ1v) is 9.14. The van der Waals surface area contributed by atoms with Gasteiger partial charge in [-0.15, -0.1) is 0 Å². The van der Waals surface area contributed by atoms with Gasteiger partial charge in [0, 0.05) is 25.7 Å². The summed E-state index contributed by atoms with van der Waals surface area (Å²) in [5, 5.41) is 0.791. The number of hydrogen-bond acceptors (Lipinski definition) is 2. The van der Waals surface area contributed by atoms with E-state index in [0.29, 0.717) is 0 Å². The fourth-order valence-corrected chi connectivity index (χ4v) is 3.63. The smallest absolute Gasteiger partial charge is 0.239 e. The zero-order valence-corrected chi connectivity index (χ0v) is 15.9. The molecule has 0 N–H and O–H groups in total. The Kier molecular flexibility index (Phi) is 5.45. The molecule has 25 heavy (non-hydrogen) atoms. The van der Waals surface area contributed by atoms with E-state index in [-0.39, 0.29) is 11.9 Å². The summed E-state index contributed by atoms with van der Waals surface area (Å²) in [6, 6.07) is 14.7. The van der Waals surface area contributed by atoms with Crippen molar-refractivity contribution in [2.75, 3.05) is 20.6 Å². The lowest BCUT2D eigenvalue weighted by atomic mass is 10.0. The summed E-state index contributed by atoms with van der Waals surface area (Å²) in [5.41, 5.74) is 4.60. The van der Waals surface area contributed by atoms with Crippen LogP contribution in [-0.2, 0) is 11.3 Å². The minimum atomic E-state index is 0.00692. The molecule has 4 heteroatoms. The van der Waals surface area contributed by atoms with Crippen molar-refractivity contribution in [2.45, 2.75) is 32.4 Å². The zero-order chi connectivity index (χ0) is 18.0. The van der Waals surface area contributed by atoms with Gasteiger partial charge >= 0.3 is 0 Å². The first-order chi connectivity index (χ1) is 12.0. The third-order valence-electron chi connectivity index (χ3n) is 4.91. The molecule has 0 aromatic heterocycles. The average Bonchev–Trinajstić information content (AvgIpc) is 3.04. The highest BCUT2D eigenvalue weighted by Gasteiger charge is 2.31. The van der Waals surface area contributed by atoms with E-state index in [9.17, 15) is 4.79 Å². The minimum Gasteiger partial charge on any atom is -0.347 e. The molecule has 1 aliphatic rings. The number of carbonyl (C=O) groups excluding carboxylic acids is 1. The number of carbonyl (C=O) groups is 1. The second-order valence-electron chi connectivity index (χ2n) is 7.03. The van der Waals surface area contributed by atoms with Crippen molar-refractivity contribution in [1.82, 2.24) is 9.80 Å². The Hall–Kier alpha value is -1.84. The van der Waals surface area contributed by atoms with Gasteiger partial charge in [-0.3, -0.25) is 9.69 Å². The van der Waals surface area contributed by atoms with Crippen molar-refractivity contribution in [3.8, 4) is 11.1 Å². The first kappa shape index (κ1) is 18.0. The van der Waals surface area contributed by atoms with Crippen LogP contribution in [0.4, 0.5) is 0 Å². The number of hydrogen-bond donors (Lipinski definition) is 0. The minimum absolute atomic E-state index is 0.00692. The lowest BCUT2D eigenvalue weighted by Gasteiger charge is -2.26. The Morgan fingerprint density at radius 1 is 1.20 bits per heavy atom. The molecule has 1 atom stereocenters. The molecule has 3 rings (SSSR count).